The van der Waals surface area contributed by atoms with Crippen LogP contribution < -0.4 is 5.32 Å². The summed E-state index contributed by atoms with van der Waals surface area (Å²) >= 11 is 3.42. The lowest BCUT2D eigenvalue weighted by atomic mass is 10.2. The van der Waals surface area contributed by atoms with Gasteiger partial charge in [0.2, 0.25) is 0 Å². The number of hydrogen-bond donors (Lipinski definition) is 1. The van der Waals surface area contributed by atoms with Gasteiger partial charge >= 0.3 is 0 Å². The first-order valence-electron chi connectivity index (χ1n) is 5.39. The van der Waals surface area contributed by atoms with Crippen molar-refractivity contribution in [3.05, 3.63) is 63.9 Å². The normalized spacial score (nSPS) is 10.3. The zero-order valence-electron chi connectivity index (χ0n) is 9.50. The molecule has 0 fully saturated rings. The number of rotatable bonds is 3. The van der Waals surface area contributed by atoms with E-state index in [1.165, 1.54) is 6.07 Å². The van der Waals surface area contributed by atoms with Crippen molar-refractivity contribution in [3.63, 3.8) is 0 Å². The van der Waals surface area contributed by atoms with Crippen molar-refractivity contribution in [2.45, 2.75) is 13.5 Å². The van der Waals surface area contributed by atoms with Crippen molar-refractivity contribution in [2.24, 2.45) is 0 Å². The minimum absolute atomic E-state index is 0.197. The number of benzene rings is 2. The fraction of sp³-hybridized carbons (Fsp3) is 0.143. The molecule has 0 radical (unpaired) electrons. The number of hydrogen-bond acceptors (Lipinski definition) is 1. The molecule has 0 aliphatic carbocycles. The third-order valence-corrected chi connectivity index (χ3v) is 3.05. The Kier molecular flexibility index (Phi) is 3.79. The number of aryl methyl sites for hydroxylation is 1. The molecule has 0 aliphatic rings. The highest BCUT2D eigenvalue weighted by atomic mass is 79.9. The summed E-state index contributed by atoms with van der Waals surface area (Å²) in [7, 11) is 0. The van der Waals surface area contributed by atoms with Crippen LogP contribution in [-0.4, -0.2) is 0 Å². The summed E-state index contributed by atoms with van der Waals surface area (Å²) in [6, 6.07) is 12.7. The Balaban J connectivity index is 2.07. The Bertz CT molecular complexity index is 525. The average molecular weight is 294 g/mol. The van der Waals surface area contributed by atoms with Gasteiger partial charge in [0.25, 0.3) is 0 Å². The third-order valence-electron chi connectivity index (χ3n) is 2.56. The zero-order valence-corrected chi connectivity index (χ0v) is 11.1. The molecule has 0 spiro atoms. The van der Waals surface area contributed by atoms with Crippen LogP contribution in [0.3, 0.4) is 0 Å². The first kappa shape index (κ1) is 12.1. The number of nitrogens with one attached hydrogen (secondary N) is 1. The lowest BCUT2D eigenvalue weighted by molar-refractivity contribution is 0.626. The summed E-state index contributed by atoms with van der Waals surface area (Å²) in [6.45, 7) is 2.67. The maximum absolute atomic E-state index is 13.0. The van der Waals surface area contributed by atoms with E-state index in [0.717, 1.165) is 21.3 Å². The largest absolute Gasteiger partial charge is 0.381 e. The molecule has 3 heteroatoms. The van der Waals surface area contributed by atoms with Gasteiger partial charge in [0, 0.05) is 16.7 Å². The Morgan fingerprint density at radius 3 is 2.71 bits per heavy atom. The van der Waals surface area contributed by atoms with Crippen molar-refractivity contribution in [1.82, 2.24) is 0 Å². The van der Waals surface area contributed by atoms with Crippen LogP contribution in [0.15, 0.2) is 46.9 Å². The molecule has 0 saturated heterocycles. The second-order valence-electron chi connectivity index (χ2n) is 3.94. The van der Waals surface area contributed by atoms with Gasteiger partial charge in [-0.25, -0.2) is 4.39 Å². The van der Waals surface area contributed by atoms with Gasteiger partial charge in [0.15, 0.2) is 0 Å². The molecule has 2 aromatic rings. The summed E-state index contributed by atoms with van der Waals surface area (Å²) < 4.78 is 14.1. The van der Waals surface area contributed by atoms with Crippen LogP contribution in [-0.2, 0) is 6.54 Å². The van der Waals surface area contributed by atoms with Crippen LogP contribution >= 0.6 is 15.9 Å². The first-order valence-corrected chi connectivity index (χ1v) is 6.19. The van der Waals surface area contributed by atoms with Crippen molar-refractivity contribution >= 4 is 21.6 Å². The van der Waals surface area contributed by atoms with Gasteiger partial charge in [0.1, 0.15) is 5.82 Å². The van der Waals surface area contributed by atoms with Crippen LogP contribution in [0.2, 0.25) is 0 Å². The van der Waals surface area contributed by atoms with Gasteiger partial charge in [-0.15, -0.1) is 0 Å². The van der Waals surface area contributed by atoms with Gasteiger partial charge in [-0.2, -0.15) is 0 Å². The van der Waals surface area contributed by atoms with Crippen molar-refractivity contribution in [1.29, 1.82) is 0 Å². The Morgan fingerprint density at radius 2 is 2.00 bits per heavy atom. The van der Waals surface area contributed by atoms with E-state index in [4.69, 9.17) is 0 Å². The molecule has 2 rings (SSSR count). The number of anilines is 1. The lowest BCUT2D eigenvalue weighted by Gasteiger charge is -2.10. The monoisotopic (exact) mass is 293 g/mol. The van der Waals surface area contributed by atoms with Gasteiger partial charge in [-0.05, 0) is 48.4 Å². The maximum Gasteiger partial charge on any atom is 0.123 e. The van der Waals surface area contributed by atoms with Crippen molar-refractivity contribution in [2.75, 3.05) is 5.32 Å². The van der Waals surface area contributed by atoms with Gasteiger partial charge in [-0.3, -0.25) is 0 Å². The van der Waals surface area contributed by atoms with Crippen molar-refractivity contribution < 1.29 is 4.39 Å². The molecule has 0 unspecified atom stereocenters. The summed E-state index contributed by atoms with van der Waals surface area (Å²) in [4.78, 5) is 0. The molecule has 17 heavy (non-hydrogen) atoms. The van der Waals surface area contributed by atoms with E-state index in [1.807, 2.05) is 31.2 Å². The van der Waals surface area contributed by atoms with E-state index < -0.39 is 0 Å². The topological polar surface area (TPSA) is 12.0 Å². The fourth-order valence-corrected chi connectivity index (χ4v) is 2.15. The number of halogens is 2. The van der Waals surface area contributed by atoms with E-state index in [-0.39, 0.29) is 5.82 Å². The Hall–Kier alpha value is -1.35. The molecule has 88 valence electrons. The maximum atomic E-state index is 13.0. The average Bonchev–Trinajstić information content (AvgIpc) is 2.28. The van der Waals surface area contributed by atoms with Crippen LogP contribution in [0.5, 0.6) is 0 Å². The van der Waals surface area contributed by atoms with Crippen LogP contribution in [0.1, 0.15) is 11.1 Å². The highest BCUT2D eigenvalue weighted by Gasteiger charge is 1.99. The lowest BCUT2D eigenvalue weighted by Crippen LogP contribution is -2.01. The molecule has 2 aromatic carbocycles. The van der Waals surface area contributed by atoms with E-state index in [9.17, 15) is 4.39 Å². The second-order valence-corrected chi connectivity index (χ2v) is 4.86. The molecule has 0 aliphatic heterocycles. The zero-order chi connectivity index (χ0) is 12.3. The molecule has 0 amide bonds. The quantitative estimate of drug-likeness (QED) is 0.878. The van der Waals surface area contributed by atoms with E-state index >= 15 is 0 Å². The van der Waals surface area contributed by atoms with Crippen LogP contribution in [0.4, 0.5) is 10.1 Å². The molecule has 0 saturated carbocycles. The van der Waals surface area contributed by atoms with Gasteiger partial charge in [-0.1, -0.05) is 28.1 Å². The first-order chi connectivity index (χ1) is 8.15. The SMILES string of the molecule is Cc1cc(Br)ccc1NCc1cccc(F)c1. The molecule has 1 N–H and O–H groups in total. The molecule has 0 aromatic heterocycles. The van der Waals surface area contributed by atoms with Gasteiger partial charge in [0.05, 0.1) is 0 Å². The van der Waals surface area contributed by atoms with E-state index in [1.54, 1.807) is 12.1 Å². The Morgan fingerprint density at radius 1 is 1.18 bits per heavy atom. The minimum atomic E-state index is -0.197. The molecule has 0 heterocycles. The summed E-state index contributed by atoms with van der Waals surface area (Å²) in [5.74, 6) is -0.197. The van der Waals surface area contributed by atoms with Crippen LogP contribution in [0.25, 0.3) is 0 Å². The standard InChI is InChI=1S/C14H13BrFN/c1-10-7-12(15)5-6-14(10)17-9-11-3-2-4-13(16)8-11/h2-8,17H,9H2,1H3. The smallest absolute Gasteiger partial charge is 0.123 e. The predicted molar refractivity (Wildman–Crippen MR) is 72.6 cm³/mol. The summed E-state index contributed by atoms with van der Waals surface area (Å²) in [6.07, 6.45) is 0. The fourth-order valence-electron chi connectivity index (χ4n) is 1.67. The van der Waals surface area contributed by atoms with Crippen LogP contribution in [0, 0.1) is 12.7 Å². The van der Waals surface area contributed by atoms with Gasteiger partial charge < -0.3 is 5.32 Å². The second kappa shape index (κ2) is 5.32. The Labute approximate surface area is 109 Å². The molecular weight excluding hydrogens is 281 g/mol. The highest BCUT2D eigenvalue weighted by Crippen LogP contribution is 2.20. The van der Waals surface area contributed by atoms with E-state index in [2.05, 4.69) is 21.2 Å². The molecular formula is C14H13BrFN. The predicted octanol–water partition coefficient (Wildman–Crippen LogP) is 4.51. The molecule has 0 bridgehead atoms. The summed E-state index contributed by atoms with van der Waals surface area (Å²) in [5, 5.41) is 3.30. The highest BCUT2D eigenvalue weighted by molar-refractivity contribution is 9.10. The summed E-state index contributed by atoms with van der Waals surface area (Å²) in [5.41, 5.74) is 3.17. The third kappa shape index (κ3) is 3.30. The minimum Gasteiger partial charge on any atom is -0.381 e. The van der Waals surface area contributed by atoms with Crippen molar-refractivity contribution in [3.8, 4) is 0 Å². The molecule has 1 nitrogen and oxygen atoms in total. The van der Waals surface area contributed by atoms with E-state index in [0.29, 0.717) is 6.54 Å². The molecule has 0 atom stereocenters.